The van der Waals surface area contributed by atoms with Crippen molar-refractivity contribution in [1.29, 1.82) is 0 Å². The maximum atomic E-state index is 12.8. The zero-order valence-corrected chi connectivity index (χ0v) is 18.2. The molecule has 0 saturated carbocycles. The Balaban J connectivity index is 1.52. The summed E-state index contributed by atoms with van der Waals surface area (Å²) in [7, 11) is 0. The summed E-state index contributed by atoms with van der Waals surface area (Å²) in [6.45, 7) is 2.15. The number of amides is 1. The first-order valence-electron chi connectivity index (χ1n) is 10.2. The van der Waals surface area contributed by atoms with E-state index in [9.17, 15) is 9.59 Å². The Hall–Kier alpha value is -3.65. The molecule has 0 saturated heterocycles. The van der Waals surface area contributed by atoms with E-state index in [-0.39, 0.29) is 32.3 Å². The van der Waals surface area contributed by atoms with E-state index in [2.05, 4.69) is 4.99 Å². The number of nitrogens with zero attached hydrogens (tertiary/aromatic N) is 2. The lowest BCUT2D eigenvalue weighted by molar-refractivity contribution is -0.143. The van der Waals surface area contributed by atoms with Gasteiger partial charge in [-0.1, -0.05) is 53.8 Å². The summed E-state index contributed by atoms with van der Waals surface area (Å²) in [4.78, 5) is 29.8. The van der Waals surface area contributed by atoms with Crippen molar-refractivity contribution < 1.29 is 23.8 Å². The Morgan fingerprint density at radius 3 is 2.66 bits per heavy atom. The van der Waals surface area contributed by atoms with Gasteiger partial charge in [-0.2, -0.15) is 4.99 Å². The maximum absolute atomic E-state index is 12.8. The van der Waals surface area contributed by atoms with Crippen LogP contribution in [0, 0.1) is 0 Å². The second-order valence-corrected chi connectivity index (χ2v) is 8.32. The van der Waals surface area contributed by atoms with E-state index in [1.807, 2.05) is 48.5 Å². The predicted octanol–water partition coefficient (Wildman–Crippen LogP) is 3.82. The van der Waals surface area contributed by atoms with Crippen LogP contribution in [0.3, 0.4) is 0 Å². The van der Waals surface area contributed by atoms with E-state index in [1.54, 1.807) is 17.6 Å². The third-order valence-electron chi connectivity index (χ3n) is 5.16. The second-order valence-electron chi connectivity index (χ2n) is 7.31. The third-order valence-corrected chi connectivity index (χ3v) is 6.20. The molecule has 0 spiro atoms. The molecule has 3 aromatic carbocycles. The highest BCUT2D eigenvalue weighted by molar-refractivity contribution is 7.16. The number of fused-ring (bicyclic) bond motifs is 3. The van der Waals surface area contributed by atoms with Crippen LogP contribution in [0.5, 0.6) is 11.5 Å². The third kappa shape index (κ3) is 3.97. The zero-order chi connectivity index (χ0) is 22.1. The Morgan fingerprint density at radius 2 is 1.84 bits per heavy atom. The highest BCUT2D eigenvalue weighted by Gasteiger charge is 2.19. The zero-order valence-electron chi connectivity index (χ0n) is 17.4. The van der Waals surface area contributed by atoms with Crippen LogP contribution < -0.4 is 14.3 Å². The summed E-state index contributed by atoms with van der Waals surface area (Å²) in [6.07, 6.45) is 0.168. The largest absolute Gasteiger partial charge is 0.465 e. The highest BCUT2D eigenvalue weighted by atomic mass is 32.1. The van der Waals surface area contributed by atoms with Crippen LogP contribution in [-0.4, -0.2) is 29.8 Å². The molecule has 32 heavy (non-hydrogen) atoms. The molecule has 0 fully saturated rings. The highest BCUT2D eigenvalue weighted by Crippen LogP contribution is 2.37. The lowest BCUT2D eigenvalue weighted by Gasteiger charge is -2.06. The molecule has 5 rings (SSSR count). The van der Waals surface area contributed by atoms with E-state index < -0.39 is 5.97 Å². The minimum absolute atomic E-state index is 0.0461. The normalized spacial score (nSPS) is 13.1. The van der Waals surface area contributed by atoms with Gasteiger partial charge in [-0.25, -0.2) is 0 Å². The van der Waals surface area contributed by atoms with Gasteiger partial charge in [-0.05, 0) is 23.3 Å². The van der Waals surface area contributed by atoms with Gasteiger partial charge in [0.15, 0.2) is 16.3 Å². The standard InChI is InChI=1S/C24H20N2O5S/c1-2-29-23(28)13-26-18-11-19-20(31-14-30-19)12-21(18)32-24(26)25-22(27)10-15-7-8-16-5-3-4-6-17(16)9-15/h3-9,11-12H,2,10,13-14H2,1H3. The smallest absolute Gasteiger partial charge is 0.326 e. The fourth-order valence-electron chi connectivity index (χ4n) is 3.70. The maximum Gasteiger partial charge on any atom is 0.326 e. The topological polar surface area (TPSA) is 79.1 Å². The van der Waals surface area contributed by atoms with Gasteiger partial charge < -0.3 is 18.8 Å². The Bertz CT molecular complexity index is 1420. The van der Waals surface area contributed by atoms with Gasteiger partial charge in [-0.3, -0.25) is 9.59 Å². The Kier molecular flexibility index (Phi) is 5.36. The van der Waals surface area contributed by atoms with E-state index >= 15 is 0 Å². The van der Waals surface area contributed by atoms with E-state index in [0.29, 0.717) is 16.3 Å². The molecule has 2 heterocycles. The van der Waals surface area contributed by atoms with Crippen molar-refractivity contribution >= 4 is 44.2 Å². The van der Waals surface area contributed by atoms with E-state index in [0.717, 1.165) is 26.6 Å². The number of benzene rings is 3. The number of carbonyl (C=O) groups excluding carboxylic acids is 2. The fourth-order valence-corrected chi connectivity index (χ4v) is 4.76. The van der Waals surface area contributed by atoms with Gasteiger partial charge in [0, 0.05) is 12.1 Å². The number of aromatic nitrogens is 1. The minimum Gasteiger partial charge on any atom is -0.465 e. The molecule has 7 nitrogen and oxygen atoms in total. The summed E-state index contributed by atoms with van der Waals surface area (Å²) in [5, 5.41) is 2.20. The Labute approximate surface area is 187 Å². The predicted molar refractivity (Wildman–Crippen MR) is 121 cm³/mol. The monoisotopic (exact) mass is 448 g/mol. The summed E-state index contributed by atoms with van der Waals surface area (Å²) in [5.74, 6) is 0.552. The average Bonchev–Trinajstić information content (AvgIpc) is 3.36. The number of rotatable bonds is 5. The summed E-state index contributed by atoms with van der Waals surface area (Å²) >= 11 is 1.32. The van der Waals surface area contributed by atoms with Crippen LogP contribution in [0.1, 0.15) is 12.5 Å². The van der Waals surface area contributed by atoms with Crippen LogP contribution in [0.25, 0.3) is 21.0 Å². The molecule has 0 N–H and O–H groups in total. The van der Waals surface area contributed by atoms with Crippen LogP contribution in [0.4, 0.5) is 0 Å². The number of ether oxygens (including phenoxy) is 3. The van der Waals surface area contributed by atoms with E-state index in [1.165, 1.54) is 11.3 Å². The molecule has 1 aromatic heterocycles. The first-order chi connectivity index (χ1) is 15.6. The van der Waals surface area contributed by atoms with Crippen LogP contribution >= 0.6 is 11.3 Å². The lowest BCUT2D eigenvalue weighted by Crippen LogP contribution is -2.23. The molecule has 1 aliphatic rings. The quantitative estimate of drug-likeness (QED) is 0.434. The molecule has 4 aromatic rings. The van der Waals surface area contributed by atoms with Crippen molar-refractivity contribution in [1.82, 2.24) is 4.57 Å². The molecular formula is C24H20N2O5S. The van der Waals surface area contributed by atoms with Gasteiger partial charge in [0.05, 0.1) is 23.2 Å². The van der Waals surface area contributed by atoms with E-state index in [4.69, 9.17) is 14.2 Å². The molecule has 0 unspecified atom stereocenters. The average molecular weight is 449 g/mol. The molecule has 8 heteroatoms. The molecule has 0 bridgehead atoms. The first-order valence-corrected chi connectivity index (χ1v) is 11.1. The van der Waals surface area contributed by atoms with Crippen molar-refractivity contribution in [3.8, 4) is 11.5 Å². The van der Waals surface area contributed by atoms with Crippen molar-refractivity contribution in [2.24, 2.45) is 4.99 Å². The molecule has 0 aliphatic carbocycles. The SMILES string of the molecule is CCOC(=O)Cn1c(=NC(=O)Cc2ccc3ccccc3c2)sc2cc3c(cc21)OCO3. The van der Waals surface area contributed by atoms with Crippen molar-refractivity contribution in [3.63, 3.8) is 0 Å². The number of hydrogen-bond donors (Lipinski definition) is 0. The molecule has 0 atom stereocenters. The number of esters is 1. The second kappa shape index (κ2) is 8.47. The lowest BCUT2D eigenvalue weighted by atomic mass is 10.1. The van der Waals surface area contributed by atoms with Crippen molar-refractivity contribution in [3.05, 3.63) is 65.0 Å². The molecule has 1 amide bonds. The molecule has 1 aliphatic heterocycles. The van der Waals surface area contributed by atoms with Gasteiger partial charge >= 0.3 is 5.97 Å². The van der Waals surface area contributed by atoms with Crippen LogP contribution in [0.15, 0.2) is 59.6 Å². The Morgan fingerprint density at radius 1 is 1.06 bits per heavy atom. The number of thiazole rings is 1. The van der Waals surface area contributed by atoms with Crippen molar-refractivity contribution in [2.75, 3.05) is 13.4 Å². The molecule has 0 radical (unpaired) electrons. The van der Waals surface area contributed by atoms with Gasteiger partial charge in [0.1, 0.15) is 6.54 Å². The summed E-state index contributed by atoms with van der Waals surface area (Å²) in [6, 6.07) is 17.6. The molecule has 162 valence electrons. The summed E-state index contributed by atoms with van der Waals surface area (Å²) < 4.78 is 18.6. The number of hydrogen-bond acceptors (Lipinski definition) is 6. The number of carbonyl (C=O) groups is 2. The summed E-state index contributed by atoms with van der Waals surface area (Å²) in [5.41, 5.74) is 1.63. The van der Waals surface area contributed by atoms with Gasteiger partial charge in [0.25, 0.3) is 5.91 Å². The fraction of sp³-hybridized carbons (Fsp3) is 0.208. The minimum atomic E-state index is -0.395. The molecular weight excluding hydrogens is 428 g/mol. The van der Waals surface area contributed by atoms with Crippen molar-refractivity contribution in [2.45, 2.75) is 19.9 Å². The van der Waals surface area contributed by atoms with Crippen LogP contribution in [0.2, 0.25) is 0 Å². The van der Waals surface area contributed by atoms with Crippen LogP contribution in [-0.2, 0) is 27.3 Å². The van der Waals surface area contributed by atoms with Gasteiger partial charge in [0.2, 0.25) is 6.79 Å². The first kappa shape index (κ1) is 20.3. The van der Waals surface area contributed by atoms with Gasteiger partial charge in [-0.15, -0.1) is 0 Å².